The third kappa shape index (κ3) is 2.91. The molecule has 0 aliphatic carbocycles. The van der Waals surface area contributed by atoms with Gasteiger partial charge >= 0.3 is 5.69 Å². The molecule has 0 N–H and O–H groups in total. The maximum Gasteiger partial charge on any atom is 0.332 e. The smallest absolute Gasteiger partial charge is 0.332 e. The lowest BCUT2D eigenvalue weighted by molar-refractivity contribution is 0.137. The van der Waals surface area contributed by atoms with Gasteiger partial charge in [-0.3, -0.25) is 22.9 Å². The molecular weight excluding hydrogens is 370 g/mol. The van der Waals surface area contributed by atoms with Crippen LogP contribution in [-0.4, -0.2) is 36.3 Å². The molecule has 0 amide bonds. The summed E-state index contributed by atoms with van der Waals surface area (Å²) in [5, 5.41) is 0. The van der Waals surface area contributed by atoms with E-state index in [2.05, 4.69) is 23.2 Å². The topological polar surface area (TPSA) is 75.5 Å². The van der Waals surface area contributed by atoms with Crippen LogP contribution >= 0.6 is 0 Å². The van der Waals surface area contributed by atoms with E-state index in [-0.39, 0.29) is 12.1 Å². The SMILES string of the molecule is CCOCCn1c(=O)c2c(nc3n(-c4cc(C)ccc4C)c(C)cn23)n(C)c1=O. The van der Waals surface area contributed by atoms with Crippen LogP contribution in [0.25, 0.3) is 22.6 Å². The minimum atomic E-state index is -0.391. The number of benzene rings is 1. The van der Waals surface area contributed by atoms with E-state index in [1.54, 1.807) is 11.4 Å². The van der Waals surface area contributed by atoms with Gasteiger partial charge in [-0.05, 0) is 44.9 Å². The van der Waals surface area contributed by atoms with Gasteiger partial charge in [0, 0.05) is 25.5 Å². The summed E-state index contributed by atoms with van der Waals surface area (Å²) in [4.78, 5) is 30.6. The zero-order chi connectivity index (χ0) is 20.9. The van der Waals surface area contributed by atoms with Crippen LogP contribution in [0, 0.1) is 20.8 Å². The number of aromatic nitrogens is 5. The molecule has 0 saturated carbocycles. The molecule has 0 aliphatic heterocycles. The van der Waals surface area contributed by atoms with Gasteiger partial charge in [-0.1, -0.05) is 12.1 Å². The number of ether oxygens (including phenoxy) is 1. The third-order valence-corrected chi connectivity index (χ3v) is 5.29. The van der Waals surface area contributed by atoms with Crippen LogP contribution in [0.4, 0.5) is 0 Å². The highest BCUT2D eigenvalue weighted by Gasteiger charge is 2.21. The summed E-state index contributed by atoms with van der Waals surface area (Å²) in [5.41, 5.74) is 4.23. The molecule has 1 aromatic carbocycles. The van der Waals surface area contributed by atoms with Crippen molar-refractivity contribution in [1.82, 2.24) is 23.1 Å². The minimum Gasteiger partial charge on any atom is -0.380 e. The van der Waals surface area contributed by atoms with Crippen molar-refractivity contribution >= 4 is 16.9 Å². The molecule has 3 aromatic heterocycles. The lowest BCUT2D eigenvalue weighted by Crippen LogP contribution is -2.40. The molecule has 0 radical (unpaired) electrons. The van der Waals surface area contributed by atoms with Gasteiger partial charge in [0.2, 0.25) is 5.78 Å². The summed E-state index contributed by atoms with van der Waals surface area (Å²) in [6, 6.07) is 6.23. The van der Waals surface area contributed by atoms with Crippen molar-refractivity contribution in [2.45, 2.75) is 34.2 Å². The molecule has 4 aromatic rings. The molecule has 29 heavy (non-hydrogen) atoms. The zero-order valence-electron chi connectivity index (χ0n) is 17.4. The van der Waals surface area contributed by atoms with E-state index in [1.165, 1.54) is 9.13 Å². The quantitative estimate of drug-likeness (QED) is 0.485. The molecule has 0 spiro atoms. The minimum absolute atomic E-state index is 0.208. The number of nitrogens with zero attached hydrogens (tertiary/aromatic N) is 5. The average Bonchev–Trinajstić information content (AvgIpc) is 3.19. The molecule has 8 nitrogen and oxygen atoms in total. The van der Waals surface area contributed by atoms with Gasteiger partial charge in [-0.15, -0.1) is 0 Å². The fourth-order valence-corrected chi connectivity index (χ4v) is 3.77. The Kier molecular flexibility index (Phi) is 4.66. The Morgan fingerprint density at radius 1 is 1.14 bits per heavy atom. The molecule has 0 unspecified atom stereocenters. The van der Waals surface area contributed by atoms with E-state index in [4.69, 9.17) is 4.74 Å². The number of rotatable bonds is 5. The standard InChI is InChI=1S/C21H25N5O3/c1-6-29-10-9-24-19(27)17-18(23(5)21(24)28)22-20-25(17)12-15(4)26(20)16-11-13(2)7-8-14(16)3/h7-8,11-12H,6,9-10H2,1-5H3. The molecule has 3 heterocycles. The second-order valence-electron chi connectivity index (χ2n) is 7.35. The summed E-state index contributed by atoms with van der Waals surface area (Å²) in [5.74, 6) is 0.612. The van der Waals surface area contributed by atoms with Gasteiger partial charge in [0.1, 0.15) is 0 Å². The summed E-state index contributed by atoms with van der Waals surface area (Å²) < 4.78 is 11.8. The first kappa shape index (κ1) is 19.2. The maximum atomic E-state index is 13.2. The van der Waals surface area contributed by atoms with Crippen molar-refractivity contribution in [1.29, 1.82) is 0 Å². The molecular formula is C21H25N5O3. The first-order valence-corrected chi connectivity index (χ1v) is 9.70. The first-order valence-electron chi connectivity index (χ1n) is 9.70. The second-order valence-corrected chi connectivity index (χ2v) is 7.35. The number of fused-ring (bicyclic) bond motifs is 3. The Labute approximate surface area is 167 Å². The van der Waals surface area contributed by atoms with Gasteiger partial charge < -0.3 is 4.74 Å². The first-order chi connectivity index (χ1) is 13.8. The van der Waals surface area contributed by atoms with E-state index in [0.717, 1.165) is 22.5 Å². The van der Waals surface area contributed by atoms with Gasteiger partial charge in [0.15, 0.2) is 11.2 Å². The predicted octanol–water partition coefficient (Wildman–Crippen LogP) is 2.10. The Bertz CT molecular complexity index is 1350. The Balaban J connectivity index is 2.04. The maximum absolute atomic E-state index is 13.2. The van der Waals surface area contributed by atoms with Crippen LogP contribution in [0.2, 0.25) is 0 Å². The highest BCUT2D eigenvalue weighted by Crippen LogP contribution is 2.24. The van der Waals surface area contributed by atoms with Gasteiger partial charge in [-0.25, -0.2) is 4.79 Å². The summed E-state index contributed by atoms with van der Waals surface area (Å²) in [7, 11) is 1.64. The highest BCUT2D eigenvalue weighted by atomic mass is 16.5. The number of hydrogen-bond donors (Lipinski definition) is 0. The van der Waals surface area contributed by atoms with Crippen molar-refractivity contribution in [3.05, 3.63) is 62.1 Å². The Morgan fingerprint density at radius 3 is 2.62 bits per heavy atom. The van der Waals surface area contributed by atoms with Crippen LogP contribution in [0.3, 0.4) is 0 Å². The summed E-state index contributed by atoms with van der Waals surface area (Å²) >= 11 is 0. The average molecular weight is 395 g/mol. The van der Waals surface area contributed by atoms with Crippen LogP contribution in [-0.2, 0) is 18.3 Å². The predicted molar refractivity (Wildman–Crippen MR) is 112 cm³/mol. The summed E-state index contributed by atoms with van der Waals surface area (Å²) in [6.45, 7) is 9.00. The molecule has 0 fully saturated rings. The highest BCUT2D eigenvalue weighted by molar-refractivity contribution is 5.76. The van der Waals surface area contributed by atoms with Crippen molar-refractivity contribution in [2.24, 2.45) is 7.05 Å². The third-order valence-electron chi connectivity index (χ3n) is 5.29. The van der Waals surface area contributed by atoms with E-state index in [9.17, 15) is 9.59 Å². The van der Waals surface area contributed by atoms with Crippen LogP contribution < -0.4 is 11.2 Å². The zero-order valence-corrected chi connectivity index (χ0v) is 17.4. The van der Waals surface area contributed by atoms with E-state index in [0.29, 0.717) is 30.2 Å². The normalized spacial score (nSPS) is 11.8. The van der Waals surface area contributed by atoms with Crippen molar-refractivity contribution in [3.63, 3.8) is 0 Å². The van der Waals surface area contributed by atoms with Gasteiger partial charge in [-0.2, -0.15) is 4.98 Å². The van der Waals surface area contributed by atoms with E-state index < -0.39 is 5.69 Å². The number of hydrogen-bond acceptors (Lipinski definition) is 4. The number of aryl methyl sites for hydroxylation is 4. The molecule has 0 saturated heterocycles. The lowest BCUT2D eigenvalue weighted by atomic mass is 10.1. The molecule has 0 bridgehead atoms. The van der Waals surface area contributed by atoms with Crippen molar-refractivity contribution < 1.29 is 4.74 Å². The van der Waals surface area contributed by atoms with Crippen molar-refractivity contribution in [3.8, 4) is 5.69 Å². The van der Waals surface area contributed by atoms with Gasteiger partial charge in [0.25, 0.3) is 5.56 Å². The molecule has 0 aliphatic rings. The van der Waals surface area contributed by atoms with Crippen molar-refractivity contribution in [2.75, 3.05) is 13.2 Å². The molecule has 0 atom stereocenters. The van der Waals surface area contributed by atoms with Crippen LogP contribution in [0.5, 0.6) is 0 Å². The van der Waals surface area contributed by atoms with Gasteiger partial charge in [0.05, 0.1) is 18.8 Å². The molecule has 8 heteroatoms. The Morgan fingerprint density at radius 2 is 1.90 bits per heavy atom. The van der Waals surface area contributed by atoms with E-state index in [1.807, 2.05) is 38.5 Å². The molecule has 152 valence electrons. The number of imidazole rings is 2. The summed E-state index contributed by atoms with van der Waals surface area (Å²) in [6.07, 6.45) is 1.89. The largest absolute Gasteiger partial charge is 0.380 e. The molecule has 4 rings (SSSR count). The second kappa shape index (κ2) is 7.04. The van der Waals surface area contributed by atoms with Crippen LogP contribution in [0.15, 0.2) is 34.0 Å². The fraction of sp³-hybridized carbons (Fsp3) is 0.381. The fourth-order valence-electron chi connectivity index (χ4n) is 3.77. The lowest BCUT2D eigenvalue weighted by Gasteiger charge is -2.10. The van der Waals surface area contributed by atoms with E-state index >= 15 is 0 Å². The van der Waals surface area contributed by atoms with Crippen LogP contribution in [0.1, 0.15) is 23.7 Å². The Hall–Kier alpha value is -3.13. The monoisotopic (exact) mass is 395 g/mol.